The van der Waals surface area contributed by atoms with E-state index < -0.39 is 0 Å². The minimum atomic E-state index is 0. The van der Waals surface area contributed by atoms with E-state index in [-0.39, 0.29) is 37.6 Å². The van der Waals surface area contributed by atoms with Gasteiger partial charge in [-0.15, -0.1) is 24.3 Å². The Morgan fingerprint density at radius 1 is 0.522 bits per heavy atom. The third-order valence-corrected chi connectivity index (χ3v) is 8.28. The maximum absolute atomic E-state index is 10.8. The van der Waals surface area contributed by atoms with E-state index in [0.29, 0.717) is 11.3 Å². The van der Waals surface area contributed by atoms with Crippen molar-refractivity contribution in [2.45, 2.75) is 52.4 Å². The molecule has 0 aliphatic carbocycles. The Morgan fingerprint density at radius 3 is 1.72 bits per heavy atom. The minimum absolute atomic E-state index is 0. The summed E-state index contributed by atoms with van der Waals surface area (Å²) in [6.07, 6.45) is 1.87. The third kappa shape index (κ3) is 7.06. The summed E-state index contributed by atoms with van der Waals surface area (Å²) in [7, 11) is 0. The van der Waals surface area contributed by atoms with Crippen LogP contribution in [0.5, 0.6) is 5.75 Å². The van der Waals surface area contributed by atoms with Gasteiger partial charge in [-0.3, -0.25) is 9.97 Å². The largest absolute Gasteiger partial charge is 0.507 e. The number of benzene rings is 4. The summed E-state index contributed by atoms with van der Waals surface area (Å²) in [4.78, 5) is 9.76. The maximum Gasteiger partial charge on any atom is 0.124 e. The van der Waals surface area contributed by atoms with Crippen molar-refractivity contribution < 1.29 is 26.2 Å². The van der Waals surface area contributed by atoms with Crippen LogP contribution in [0.4, 0.5) is 0 Å². The molecule has 6 aromatic rings. The molecular formula is C42H39N2OPt-. The van der Waals surface area contributed by atoms with Crippen molar-refractivity contribution >= 4 is 0 Å². The first-order valence-electron chi connectivity index (χ1n) is 15.5. The van der Waals surface area contributed by atoms with Gasteiger partial charge in [0.1, 0.15) is 5.75 Å². The van der Waals surface area contributed by atoms with E-state index in [1.165, 1.54) is 11.1 Å². The first-order valence-corrected chi connectivity index (χ1v) is 15.5. The van der Waals surface area contributed by atoms with Gasteiger partial charge in [0.05, 0.1) is 5.69 Å². The summed E-state index contributed by atoms with van der Waals surface area (Å²) in [6.45, 7) is 13.3. The van der Waals surface area contributed by atoms with Crippen LogP contribution in [0, 0.1) is 6.07 Å². The molecule has 0 saturated carbocycles. The number of aromatic hydroxyl groups is 1. The summed E-state index contributed by atoms with van der Waals surface area (Å²) in [5.74, 6) is 0.195. The molecule has 6 rings (SSSR count). The Labute approximate surface area is 287 Å². The summed E-state index contributed by atoms with van der Waals surface area (Å²) < 4.78 is 0. The molecule has 46 heavy (non-hydrogen) atoms. The Hall–Kier alpha value is -4.33. The van der Waals surface area contributed by atoms with Crippen molar-refractivity contribution in [3.05, 3.63) is 139 Å². The molecule has 0 fully saturated rings. The fraction of sp³-hybridized carbons (Fsp3) is 0.190. The Morgan fingerprint density at radius 2 is 1.09 bits per heavy atom. The maximum atomic E-state index is 10.8. The molecule has 4 heteroatoms. The SMILES string of the molecule is CC(C)(C)c1ccc(-c2ccccc2-c2cc(-c3[c-]c(-c4cc(C(C)(C)C)ccn4)ccc3)nc(-c3ccccc3O)c2)cc1.[Pt]. The zero-order chi connectivity index (χ0) is 31.8. The number of hydrogen-bond acceptors (Lipinski definition) is 3. The minimum Gasteiger partial charge on any atom is -0.507 e. The van der Waals surface area contributed by atoms with Crippen LogP contribution in [0.3, 0.4) is 0 Å². The molecule has 0 saturated heterocycles. The average Bonchev–Trinajstić information content (AvgIpc) is 3.04. The number of phenols is 1. The Balaban J connectivity index is 0.00000417. The first kappa shape index (κ1) is 33.0. The fourth-order valence-corrected chi connectivity index (χ4v) is 5.60. The smallest absolute Gasteiger partial charge is 0.124 e. The molecule has 2 heterocycles. The van der Waals surface area contributed by atoms with Crippen molar-refractivity contribution in [1.29, 1.82) is 0 Å². The number of phenolic OH excluding ortho intramolecular Hbond substituents is 1. The van der Waals surface area contributed by atoms with Crippen molar-refractivity contribution in [3.8, 4) is 61.8 Å². The predicted molar refractivity (Wildman–Crippen MR) is 187 cm³/mol. The topological polar surface area (TPSA) is 46.0 Å². The average molecular weight is 783 g/mol. The van der Waals surface area contributed by atoms with Gasteiger partial charge in [-0.25, -0.2) is 0 Å². The van der Waals surface area contributed by atoms with Crippen LogP contribution in [0.1, 0.15) is 52.7 Å². The van der Waals surface area contributed by atoms with Gasteiger partial charge < -0.3 is 5.11 Å². The number of rotatable bonds is 5. The number of para-hydroxylation sites is 1. The standard InChI is InChI=1S/C42H39N2O.Pt/c1-41(2,3)32-20-18-28(19-21-32)34-14-7-8-15-35(34)31-25-38(44-39(26-31)36-16-9-10-17-40(36)45)30-13-11-12-29(24-30)37-27-33(22-23-43-37)42(4,5)6;/h7-23,25-27,45H,1-6H3;/q-1;. The molecule has 0 radical (unpaired) electrons. The molecule has 234 valence electrons. The van der Waals surface area contributed by atoms with E-state index in [0.717, 1.165) is 44.8 Å². The molecule has 0 amide bonds. The summed E-state index contributed by atoms with van der Waals surface area (Å²) in [5, 5.41) is 10.8. The number of hydrogen-bond donors (Lipinski definition) is 1. The van der Waals surface area contributed by atoms with Crippen LogP contribution in [0.15, 0.2) is 121 Å². The van der Waals surface area contributed by atoms with Crippen molar-refractivity contribution in [1.82, 2.24) is 9.97 Å². The molecule has 0 spiro atoms. The quantitative estimate of drug-likeness (QED) is 0.177. The van der Waals surface area contributed by atoms with Gasteiger partial charge >= 0.3 is 0 Å². The molecule has 0 atom stereocenters. The fourth-order valence-electron chi connectivity index (χ4n) is 5.60. The molecule has 3 nitrogen and oxygen atoms in total. The van der Waals surface area contributed by atoms with Crippen LogP contribution >= 0.6 is 0 Å². The summed E-state index contributed by atoms with van der Waals surface area (Å²) >= 11 is 0. The predicted octanol–water partition coefficient (Wildman–Crippen LogP) is 10.9. The molecule has 2 aromatic heterocycles. The van der Waals surface area contributed by atoms with E-state index in [9.17, 15) is 5.11 Å². The van der Waals surface area contributed by atoms with E-state index >= 15 is 0 Å². The van der Waals surface area contributed by atoms with Crippen molar-refractivity contribution in [3.63, 3.8) is 0 Å². The number of nitrogens with zero attached hydrogens (tertiary/aromatic N) is 2. The zero-order valence-electron chi connectivity index (χ0n) is 27.2. The van der Waals surface area contributed by atoms with Gasteiger partial charge in [0.25, 0.3) is 0 Å². The van der Waals surface area contributed by atoms with Crippen LogP contribution < -0.4 is 0 Å². The second-order valence-corrected chi connectivity index (χ2v) is 13.7. The molecule has 0 bridgehead atoms. The zero-order valence-corrected chi connectivity index (χ0v) is 29.5. The van der Waals surface area contributed by atoms with E-state index in [1.54, 1.807) is 6.07 Å². The Kier molecular flexibility index (Phi) is 9.47. The van der Waals surface area contributed by atoms with Crippen molar-refractivity contribution in [2.24, 2.45) is 0 Å². The number of aromatic nitrogens is 2. The van der Waals surface area contributed by atoms with Gasteiger partial charge in [-0.05, 0) is 68.5 Å². The van der Waals surface area contributed by atoms with Gasteiger partial charge in [0.2, 0.25) is 0 Å². The van der Waals surface area contributed by atoms with E-state index in [1.807, 2.05) is 42.6 Å². The molecular weight excluding hydrogens is 744 g/mol. The van der Waals surface area contributed by atoms with Crippen LogP contribution in [-0.4, -0.2) is 15.1 Å². The van der Waals surface area contributed by atoms with E-state index in [4.69, 9.17) is 4.98 Å². The van der Waals surface area contributed by atoms with Crippen LogP contribution in [-0.2, 0) is 31.9 Å². The molecule has 0 aliphatic heterocycles. The Bertz CT molecular complexity index is 1980. The van der Waals surface area contributed by atoms with Gasteiger partial charge in [-0.1, -0.05) is 125 Å². The van der Waals surface area contributed by atoms with Gasteiger partial charge in [0, 0.05) is 44.2 Å². The van der Waals surface area contributed by atoms with Crippen LogP contribution in [0.2, 0.25) is 0 Å². The van der Waals surface area contributed by atoms with Gasteiger partial charge in [0.15, 0.2) is 0 Å². The number of pyridine rings is 2. The monoisotopic (exact) mass is 782 g/mol. The third-order valence-electron chi connectivity index (χ3n) is 8.28. The molecule has 4 aromatic carbocycles. The molecule has 1 N–H and O–H groups in total. The summed E-state index contributed by atoms with van der Waals surface area (Å²) in [6, 6.07) is 42.8. The summed E-state index contributed by atoms with van der Waals surface area (Å²) in [5.41, 5.74) is 11.8. The first-order chi connectivity index (χ1) is 21.5. The van der Waals surface area contributed by atoms with E-state index in [2.05, 4.69) is 125 Å². The van der Waals surface area contributed by atoms with Crippen molar-refractivity contribution in [2.75, 3.05) is 0 Å². The second kappa shape index (κ2) is 13.2. The van der Waals surface area contributed by atoms with Gasteiger partial charge in [-0.2, -0.15) is 0 Å². The molecule has 0 unspecified atom stereocenters. The second-order valence-electron chi connectivity index (χ2n) is 13.7. The normalized spacial score (nSPS) is 11.6. The van der Waals surface area contributed by atoms with Crippen LogP contribution in [0.25, 0.3) is 56.0 Å². The molecule has 0 aliphatic rings.